The number of hydrogen-bond donors (Lipinski definition) is 3. The highest BCUT2D eigenvalue weighted by atomic mass is 16.5. The Kier molecular flexibility index (Phi) is 7.18. The van der Waals surface area contributed by atoms with Crippen LogP contribution < -0.4 is 19.9 Å². The Balaban J connectivity index is 1.13. The Morgan fingerprint density at radius 1 is 1.07 bits per heavy atom. The predicted octanol–water partition coefficient (Wildman–Crippen LogP) is 3.29. The lowest BCUT2D eigenvalue weighted by molar-refractivity contribution is 0.0379. The molecule has 7 rings (SSSR count). The molecule has 2 saturated carbocycles. The van der Waals surface area contributed by atoms with Gasteiger partial charge in [-0.2, -0.15) is 9.97 Å². The second-order valence-corrected chi connectivity index (χ2v) is 11.9. The van der Waals surface area contributed by atoms with E-state index < -0.39 is 6.23 Å². The average molecular weight is 557 g/mol. The molecular weight excluding hydrogens is 516 g/mol. The summed E-state index contributed by atoms with van der Waals surface area (Å²) in [5.41, 5.74) is 3.15. The van der Waals surface area contributed by atoms with Crippen molar-refractivity contribution >= 4 is 22.3 Å². The van der Waals surface area contributed by atoms with Crippen molar-refractivity contribution in [1.29, 1.82) is 0 Å². The molecule has 3 aromatic rings. The summed E-state index contributed by atoms with van der Waals surface area (Å²) in [6.07, 6.45) is 5.79. The lowest BCUT2D eigenvalue weighted by Crippen LogP contribution is -2.50. The Morgan fingerprint density at radius 2 is 1.93 bits per heavy atom. The van der Waals surface area contributed by atoms with E-state index in [1.807, 2.05) is 35.2 Å². The van der Waals surface area contributed by atoms with Crippen LogP contribution in [0.1, 0.15) is 30.5 Å². The van der Waals surface area contributed by atoms with E-state index in [0.717, 1.165) is 85.5 Å². The van der Waals surface area contributed by atoms with Crippen LogP contribution in [-0.4, -0.2) is 83.2 Å². The number of nitrogens with one attached hydrogen (secondary N) is 1. The van der Waals surface area contributed by atoms with Gasteiger partial charge in [0.2, 0.25) is 0 Å². The molecule has 0 radical (unpaired) electrons. The lowest BCUT2D eigenvalue weighted by Gasteiger charge is -2.39. The lowest BCUT2D eigenvalue weighted by atomic mass is 10.0. The van der Waals surface area contributed by atoms with Crippen molar-refractivity contribution in [3.05, 3.63) is 60.3 Å². The number of aliphatic hydroxyl groups is 1. The van der Waals surface area contributed by atoms with Crippen molar-refractivity contribution in [2.24, 2.45) is 11.8 Å². The number of phenolic OH excluding ortho intramolecular Hbond substituents is 1. The Hall–Kier alpha value is -3.40. The molecule has 4 atom stereocenters. The van der Waals surface area contributed by atoms with Gasteiger partial charge in [0.1, 0.15) is 24.4 Å². The summed E-state index contributed by atoms with van der Waals surface area (Å²) in [6, 6.07) is 12.9. The molecule has 3 fully saturated rings. The van der Waals surface area contributed by atoms with E-state index in [1.54, 1.807) is 6.08 Å². The van der Waals surface area contributed by atoms with Crippen LogP contribution >= 0.6 is 0 Å². The SMILES string of the molecule is C=CC(O)N1CCN(c2nc(OCCNC3CCC4CC43)nc3c2CCN(c2cc(O)cc4ccccc24)C3)CC1. The maximum atomic E-state index is 10.5. The molecule has 41 heavy (non-hydrogen) atoms. The highest BCUT2D eigenvalue weighted by Gasteiger charge is 2.47. The normalized spacial score (nSPS) is 24.7. The molecule has 9 nitrogen and oxygen atoms in total. The zero-order valence-corrected chi connectivity index (χ0v) is 23.6. The van der Waals surface area contributed by atoms with Crippen molar-refractivity contribution in [3.8, 4) is 11.8 Å². The fourth-order valence-electron chi connectivity index (χ4n) is 7.15. The molecule has 0 bridgehead atoms. The fraction of sp³-hybridized carbons (Fsp3) is 0.500. The molecule has 2 aliphatic heterocycles. The van der Waals surface area contributed by atoms with Crippen molar-refractivity contribution < 1.29 is 14.9 Å². The number of rotatable bonds is 9. The molecular formula is C32H40N6O3. The first-order valence-corrected chi connectivity index (χ1v) is 15.1. The van der Waals surface area contributed by atoms with E-state index in [1.165, 1.54) is 24.8 Å². The summed E-state index contributed by atoms with van der Waals surface area (Å²) in [7, 11) is 0. The predicted molar refractivity (Wildman–Crippen MR) is 161 cm³/mol. The number of benzene rings is 2. The van der Waals surface area contributed by atoms with Crippen LogP contribution in [0.3, 0.4) is 0 Å². The van der Waals surface area contributed by atoms with Crippen LogP contribution in [0.4, 0.5) is 11.5 Å². The minimum Gasteiger partial charge on any atom is -0.508 e. The largest absolute Gasteiger partial charge is 0.508 e. The molecule has 4 aliphatic rings. The highest BCUT2D eigenvalue weighted by molar-refractivity contribution is 5.95. The molecule has 2 aliphatic carbocycles. The third kappa shape index (κ3) is 5.34. The van der Waals surface area contributed by atoms with Gasteiger partial charge in [-0.25, -0.2) is 0 Å². The van der Waals surface area contributed by atoms with Gasteiger partial charge in [0.25, 0.3) is 0 Å². The van der Waals surface area contributed by atoms with Crippen molar-refractivity contribution in [1.82, 2.24) is 20.2 Å². The molecule has 9 heteroatoms. The number of piperazine rings is 1. The van der Waals surface area contributed by atoms with Crippen LogP contribution in [0, 0.1) is 11.8 Å². The van der Waals surface area contributed by atoms with Crippen molar-refractivity contribution in [2.75, 3.05) is 55.7 Å². The first-order chi connectivity index (χ1) is 20.1. The molecule has 0 amide bonds. The van der Waals surface area contributed by atoms with Gasteiger partial charge in [-0.05, 0) is 55.0 Å². The first-order valence-electron chi connectivity index (χ1n) is 15.1. The summed E-state index contributed by atoms with van der Waals surface area (Å²) in [6.45, 7) is 9.49. The Morgan fingerprint density at radius 3 is 2.71 bits per heavy atom. The van der Waals surface area contributed by atoms with Crippen molar-refractivity contribution in [3.63, 3.8) is 0 Å². The molecule has 216 valence electrons. The molecule has 3 heterocycles. The second-order valence-electron chi connectivity index (χ2n) is 11.9. The average Bonchev–Trinajstić information content (AvgIpc) is 3.68. The Bertz CT molecular complexity index is 1420. The minimum atomic E-state index is -0.626. The van der Waals surface area contributed by atoms with E-state index in [0.29, 0.717) is 25.2 Å². The van der Waals surface area contributed by atoms with Gasteiger partial charge >= 0.3 is 6.01 Å². The first kappa shape index (κ1) is 26.5. The van der Waals surface area contributed by atoms with Gasteiger partial charge in [0, 0.05) is 68.0 Å². The number of aliphatic hydroxyl groups excluding tert-OH is 1. The van der Waals surface area contributed by atoms with Gasteiger partial charge in [-0.1, -0.05) is 30.8 Å². The smallest absolute Gasteiger partial charge is 0.318 e. The number of aromatic nitrogens is 2. The summed E-state index contributed by atoms with van der Waals surface area (Å²) in [5.74, 6) is 3.05. The van der Waals surface area contributed by atoms with E-state index in [2.05, 4.69) is 27.8 Å². The maximum absolute atomic E-state index is 10.5. The fourth-order valence-corrected chi connectivity index (χ4v) is 7.15. The number of phenols is 1. The van der Waals surface area contributed by atoms with Crippen LogP contribution in [0.2, 0.25) is 0 Å². The van der Waals surface area contributed by atoms with Gasteiger partial charge in [0.05, 0.1) is 12.2 Å². The van der Waals surface area contributed by atoms with Gasteiger partial charge in [-0.15, -0.1) is 0 Å². The Labute approximate surface area is 241 Å². The molecule has 4 unspecified atom stereocenters. The van der Waals surface area contributed by atoms with Crippen LogP contribution in [-0.2, 0) is 13.0 Å². The van der Waals surface area contributed by atoms with Gasteiger partial charge in [0.15, 0.2) is 0 Å². The minimum absolute atomic E-state index is 0.267. The number of aromatic hydroxyl groups is 1. The molecule has 3 N–H and O–H groups in total. The molecule has 1 saturated heterocycles. The third-order valence-corrected chi connectivity index (χ3v) is 9.47. The van der Waals surface area contributed by atoms with Gasteiger partial charge in [-0.3, -0.25) is 4.90 Å². The number of fused-ring (bicyclic) bond motifs is 3. The number of hydrogen-bond acceptors (Lipinski definition) is 9. The highest BCUT2D eigenvalue weighted by Crippen LogP contribution is 2.51. The summed E-state index contributed by atoms with van der Waals surface area (Å²) >= 11 is 0. The third-order valence-electron chi connectivity index (χ3n) is 9.47. The molecule has 1 aromatic heterocycles. The quantitative estimate of drug-likeness (QED) is 0.271. The topological polar surface area (TPSA) is 97.2 Å². The van der Waals surface area contributed by atoms with E-state index >= 15 is 0 Å². The zero-order valence-electron chi connectivity index (χ0n) is 23.6. The zero-order chi connectivity index (χ0) is 27.9. The van der Waals surface area contributed by atoms with Crippen LogP contribution in [0.25, 0.3) is 10.8 Å². The number of ether oxygens (including phenoxy) is 1. The van der Waals surface area contributed by atoms with E-state index in [9.17, 15) is 10.2 Å². The molecule has 2 aromatic carbocycles. The summed E-state index contributed by atoms with van der Waals surface area (Å²) in [5, 5.41) is 26.6. The monoisotopic (exact) mass is 556 g/mol. The second kappa shape index (κ2) is 11.1. The van der Waals surface area contributed by atoms with E-state index in [4.69, 9.17) is 14.7 Å². The molecule has 0 spiro atoms. The number of nitrogens with zero attached hydrogens (tertiary/aromatic N) is 5. The van der Waals surface area contributed by atoms with Crippen LogP contribution in [0.5, 0.6) is 11.8 Å². The van der Waals surface area contributed by atoms with Crippen molar-refractivity contribution in [2.45, 2.75) is 44.5 Å². The maximum Gasteiger partial charge on any atom is 0.318 e. The summed E-state index contributed by atoms with van der Waals surface area (Å²) in [4.78, 5) is 16.5. The van der Waals surface area contributed by atoms with Crippen LogP contribution in [0.15, 0.2) is 49.1 Å². The summed E-state index contributed by atoms with van der Waals surface area (Å²) < 4.78 is 6.19. The van der Waals surface area contributed by atoms with E-state index in [-0.39, 0.29) is 5.75 Å². The standard InChI is InChI=1S/C32H40N6O3/c1-2-30(40)36-12-14-37(15-13-36)31-25-9-11-38(29-19-23(39)17-21-5-3-4-6-24(21)29)20-28(25)34-32(35-31)41-16-10-33-27-8-7-22-18-26(22)27/h2-6,17,19,22,26-27,30,33,39-40H,1,7-16,18,20H2. The van der Waals surface area contributed by atoms with Gasteiger partial charge < -0.3 is 30.1 Å². The number of anilines is 2.